The Labute approximate surface area is 198 Å². The van der Waals surface area contributed by atoms with Gasteiger partial charge in [0, 0.05) is 30.1 Å². The number of aryl methyl sites for hydroxylation is 1. The molecule has 3 heterocycles. The molecule has 16 nitrogen and oxygen atoms in total. The first-order valence-electron chi connectivity index (χ1n) is 10.5. The number of hydrogen-bond acceptors (Lipinski definition) is 12. The normalized spacial score (nSPS) is 37.0. The molecule has 2 unspecified atom stereocenters. The highest BCUT2D eigenvalue weighted by molar-refractivity contribution is 7.61. The van der Waals surface area contributed by atoms with Crippen molar-refractivity contribution in [3.05, 3.63) is 32.6 Å². The summed E-state index contributed by atoms with van der Waals surface area (Å²) in [6.07, 6.45) is -5.97. The van der Waals surface area contributed by atoms with Crippen LogP contribution in [0.2, 0.25) is 0 Å². The number of aliphatic hydroxyl groups excluding tert-OH is 2. The number of phosphoric acid groups is 2. The summed E-state index contributed by atoms with van der Waals surface area (Å²) in [4.78, 5) is 45.4. The molecule has 35 heavy (non-hydrogen) atoms. The highest BCUT2D eigenvalue weighted by Crippen LogP contribution is 2.61. The molecule has 7 N–H and O–H groups in total. The molecule has 9 atom stereocenters. The molecule has 3 rings (SSSR count). The molecule has 2 fully saturated rings. The van der Waals surface area contributed by atoms with Gasteiger partial charge in [-0.2, -0.15) is 4.31 Å². The molecule has 200 valence electrons. The van der Waals surface area contributed by atoms with E-state index in [1.54, 1.807) is 0 Å². The Morgan fingerprint density at radius 1 is 1.26 bits per heavy atom. The first kappa shape index (κ1) is 28.3. The summed E-state index contributed by atoms with van der Waals surface area (Å²) in [7, 11) is -10.4. The van der Waals surface area contributed by atoms with E-state index in [0.29, 0.717) is 0 Å². The minimum atomic E-state index is -5.22. The Hall–Kier alpha value is -1.26. The third-order valence-corrected chi connectivity index (χ3v) is 8.24. The van der Waals surface area contributed by atoms with E-state index in [1.165, 1.54) is 27.0 Å². The third kappa shape index (κ3) is 6.95. The zero-order valence-corrected chi connectivity index (χ0v) is 20.8. The lowest BCUT2D eigenvalue weighted by Gasteiger charge is -2.42. The Morgan fingerprint density at radius 2 is 1.91 bits per heavy atom. The van der Waals surface area contributed by atoms with Crippen LogP contribution in [0.1, 0.15) is 38.5 Å². The third-order valence-electron chi connectivity index (χ3n) is 5.61. The number of rotatable bonds is 8. The van der Waals surface area contributed by atoms with Crippen LogP contribution in [0.25, 0.3) is 0 Å². The number of nitrogens with two attached hydrogens (primary N) is 1. The zero-order chi connectivity index (χ0) is 26.3. The number of aromatic amines is 1. The van der Waals surface area contributed by atoms with E-state index in [-0.39, 0.29) is 18.4 Å². The SMILES string of the molecule is Cc1cn([C@H]2C[C@H](O)[C@@H](COP(=O)(O)OP(=O)(O)O[C@@H]3C[C@](C)(N)[C@H](O)[C@H](C)O3)O2)c(=O)[nH]c1=O. The van der Waals surface area contributed by atoms with Crippen molar-refractivity contribution < 1.29 is 52.0 Å². The molecule has 1 aromatic rings. The van der Waals surface area contributed by atoms with Gasteiger partial charge in [-0.15, -0.1) is 0 Å². The first-order chi connectivity index (χ1) is 16.0. The number of ether oxygens (including phenoxy) is 2. The summed E-state index contributed by atoms with van der Waals surface area (Å²) < 4.78 is 50.0. The van der Waals surface area contributed by atoms with Crippen molar-refractivity contribution in [2.24, 2.45) is 5.73 Å². The fourth-order valence-corrected chi connectivity index (χ4v) is 5.91. The molecular weight excluding hydrogens is 516 g/mol. The number of phosphoric ester groups is 2. The molecule has 2 aliphatic rings. The minimum absolute atomic E-state index is 0.113. The molecule has 1 aromatic heterocycles. The summed E-state index contributed by atoms with van der Waals surface area (Å²) in [5.41, 5.74) is 3.54. The standard InChI is InChI=1S/C17H29N3O13P2/c1-8-6-20(16(24)19-15(8)23)12-4-10(21)11(31-12)7-29-34(25,26)33-35(27,28)32-13-5-17(3,18)14(22)9(2)30-13/h6,9-14,21-22H,4-5,7,18H2,1-3H3,(H,25,26)(H,27,28)(H,19,23,24)/t9-,10-,11+,12+,13+,14+,17-/m0/s1. The van der Waals surface area contributed by atoms with Crippen molar-refractivity contribution in [2.45, 2.75) is 76.1 Å². The van der Waals surface area contributed by atoms with Gasteiger partial charge in [-0.1, -0.05) is 0 Å². The van der Waals surface area contributed by atoms with Crippen molar-refractivity contribution in [2.75, 3.05) is 6.61 Å². The number of H-pyrrole nitrogens is 1. The smallest absolute Gasteiger partial charge is 0.390 e. The molecule has 2 aliphatic heterocycles. The highest BCUT2D eigenvalue weighted by Gasteiger charge is 2.46. The molecule has 0 aliphatic carbocycles. The average molecular weight is 545 g/mol. The maximum absolute atomic E-state index is 12.3. The van der Waals surface area contributed by atoms with Gasteiger partial charge in [0.15, 0.2) is 6.29 Å². The maximum Gasteiger partial charge on any atom is 0.483 e. The minimum Gasteiger partial charge on any atom is -0.390 e. The Kier molecular flexibility index (Phi) is 8.29. The van der Waals surface area contributed by atoms with Crippen LogP contribution < -0.4 is 17.0 Å². The van der Waals surface area contributed by atoms with Crippen molar-refractivity contribution >= 4 is 15.6 Å². The lowest BCUT2D eigenvalue weighted by molar-refractivity contribution is -0.208. The molecule has 0 radical (unpaired) electrons. The van der Waals surface area contributed by atoms with Crippen LogP contribution in [0.15, 0.2) is 15.8 Å². The molecule has 18 heteroatoms. The molecule has 0 amide bonds. The summed E-state index contributed by atoms with van der Waals surface area (Å²) in [6, 6.07) is 0. The van der Waals surface area contributed by atoms with Crippen LogP contribution in [0, 0.1) is 6.92 Å². The van der Waals surface area contributed by atoms with E-state index in [9.17, 15) is 38.7 Å². The lowest BCUT2D eigenvalue weighted by atomic mass is 9.86. The van der Waals surface area contributed by atoms with Crippen molar-refractivity contribution in [1.82, 2.24) is 9.55 Å². The molecule has 0 spiro atoms. The Bertz CT molecular complexity index is 1140. The molecule has 0 bridgehead atoms. The van der Waals surface area contributed by atoms with E-state index in [2.05, 4.69) is 13.8 Å². The zero-order valence-electron chi connectivity index (χ0n) is 19.0. The van der Waals surface area contributed by atoms with Crippen molar-refractivity contribution in [1.29, 1.82) is 0 Å². The predicted molar refractivity (Wildman–Crippen MR) is 116 cm³/mol. The van der Waals surface area contributed by atoms with E-state index < -0.39 is 76.0 Å². The van der Waals surface area contributed by atoms with E-state index >= 15 is 0 Å². The lowest BCUT2D eigenvalue weighted by Crippen LogP contribution is -2.60. The first-order valence-corrected chi connectivity index (χ1v) is 13.5. The van der Waals surface area contributed by atoms with Gasteiger partial charge < -0.3 is 35.2 Å². The van der Waals surface area contributed by atoms with Crippen molar-refractivity contribution in [3.8, 4) is 0 Å². The fourth-order valence-electron chi connectivity index (χ4n) is 3.77. The van der Waals surface area contributed by atoms with Crippen LogP contribution in [-0.2, 0) is 32.0 Å². The predicted octanol–water partition coefficient (Wildman–Crippen LogP) is -1.04. The van der Waals surface area contributed by atoms with Crippen molar-refractivity contribution in [3.63, 3.8) is 0 Å². The van der Waals surface area contributed by atoms with E-state index in [4.69, 9.17) is 19.7 Å². The molecule has 2 saturated heterocycles. The van der Waals surface area contributed by atoms with Crippen LogP contribution in [0.3, 0.4) is 0 Å². The number of hydrogen-bond donors (Lipinski definition) is 6. The summed E-state index contributed by atoms with van der Waals surface area (Å²) >= 11 is 0. The van der Waals surface area contributed by atoms with E-state index in [0.717, 1.165) is 4.57 Å². The van der Waals surface area contributed by atoms with Gasteiger partial charge in [-0.05, 0) is 20.8 Å². The average Bonchev–Trinajstić information content (AvgIpc) is 3.06. The number of aliphatic hydroxyl groups is 2. The second-order valence-corrected chi connectivity index (χ2v) is 11.8. The summed E-state index contributed by atoms with van der Waals surface area (Å²) in [5.74, 6) is 0. The second kappa shape index (κ2) is 10.2. The van der Waals surface area contributed by atoms with Crippen LogP contribution in [0.5, 0.6) is 0 Å². The Balaban J connectivity index is 1.58. The molecule has 0 saturated carbocycles. The van der Waals surface area contributed by atoms with Gasteiger partial charge in [0.2, 0.25) is 0 Å². The van der Waals surface area contributed by atoms with Gasteiger partial charge in [0.05, 0.1) is 24.9 Å². The number of aromatic nitrogens is 2. The summed E-state index contributed by atoms with van der Waals surface area (Å²) in [5, 5.41) is 20.2. The number of nitrogens with zero attached hydrogens (tertiary/aromatic N) is 1. The maximum atomic E-state index is 12.3. The second-order valence-electron chi connectivity index (χ2n) is 8.76. The molecule has 0 aromatic carbocycles. The molecular formula is C17H29N3O13P2. The summed E-state index contributed by atoms with van der Waals surface area (Å²) in [6.45, 7) is 3.63. The fraction of sp³-hybridized carbons (Fsp3) is 0.765. The number of nitrogens with one attached hydrogen (secondary N) is 1. The van der Waals surface area contributed by atoms with E-state index in [1.807, 2.05) is 0 Å². The van der Waals surface area contributed by atoms with Gasteiger partial charge in [-0.25, -0.2) is 13.9 Å². The van der Waals surface area contributed by atoms with Crippen LogP contribution >= 0.6 is 15.6 Å². The van der Waals surface area contributed by atoms with Gasteiger partial charge >= 0.3 is 21.3 Å². The van der Waals surface area contributed by atoms with Crippen LogP contribution in [0.4, 0.5) is 0 Å². The van der Waals surface area contributed by atoms with Gasteiger partial charge in [0.25, 0.3) is 5.56 Å². The monoisotopic (exact) mass is 545 g/mol. The van der Waals surface area contributed by atoms with Gasteiger partial charge in [0.1, 0.15) is 12.3 Å². The Morgan fingerprint density at radius 3 is 2.54 bits per heavy atom. The topological polar surface area (TPSA) is 242 Å². The largest absolute Gasteiger partial charge is 0.483 e. The van der Waals surface area contributed by atoms with Crippen LogP contribution in [-0.4, -0.2) is 72.4 Å². The quantitative estimate of drug-likeness (QED) is 0.214. The van der Waals surface area contributed by atoms with Gasteiger partial charge in [-0.3, -0.25) is 23.4 Å². The highest BCUT2D eigenvalue weighted by atomic mass is 31.3.